The highest BCUT2D eigenvalue weighted by molar-refractivity contribution is 4.99. The molecule has 3 aliphatic carbocycles. The van der Waals surface area contributed by atoms with Gasteiger partial charge in [0.1, 0.15) is 0 Å². The Bertz CT molecular complexity index is 184. The van der Waals surface area contributed by atoms with Crippen molar-refractivity contribution in [1.29, 1.82) is 0 Å². The molecule has 0 aliphatic heterocycles. The zero-order chi connectivity index (χ0) is 8.13. The molecule has 0 saturated heterocycles. The van der Waals surface area contributed by atoms with Crippen molar-refractivity contribution >= 4 is 0 Å². The van der Waals surface area contributed by atoms with Crippen molar-refractivity contribution < 1.29 is 0 Å². The van der Waals surface area contributed by atoms with Crippen LogP contribution in [0.2, 0.25) is 0 Å². The van der Waals surface area contributed by atoms with Crippen molar-refractivity contribution in [3.05, 3.63) is 0 Å². The van der Waals surface area contributed by atoms with Gasteiger partial charge in [-0.25, -0.2) is 0 Å². The largest absolute Gasteiger partial charge is 0.0622 e. The molecule has 0 aromatic heterocycles. The molecule has 0 heterocycles. The average Bonchev–Trinajstić information content (AvgIpc) is 2.64. The standard InChI is InChI=1S/C12H20/c1-8-3-2-4-11-9-5-6-10(7-9)12(8)11/h8-12H,2-7H2,1H3. The highest BCUT2D eigenvalue weighted by atomic mass is 14.5. The van der Waals surface area contributed by atoms with Crippen molar-refractivity contribution in [2.45, 2.75) is 45.4 Å². The lowest BCUT2D eigenvalue weighted by atomic mass is 9.66. The van der Waals surface area contributed by atoms with E-state index in [2.05, 4.69) is 6.92 Å². The Morgan fingerprint density at radius 2 is 1.75 bits per heavy atom. The summed E-state index contributed by atoms with van der Waals surface area (Å²) in [5.41, 5.74) is 0. The van der Waals surface area contributed by atoms with E-state index in [-0.39, 0.29) is 0 Å². The molecule has 0 nitrogen and oxygen atoms in total. The zero-order valence-electron chi connectivity index (χ0n) is 8.13. The Balaban J connectivity index is 1.86. The third-order valence-corrected chi connectivity index (χ3v) is 5.01. The summed E-state index contributed by atoms with van der Waals surface area (Å²) in [5, 5.41) is 0. The number of hydrogen-bond acceptors (Lipinski definition) is 0. The van der Waals surface area contributed by atoms with Crippen LogP contribution < -0.4 is 0 Å². The Labute approximate surface area is 75.7 Å². The second-order valence-corrected chi connectivity index (χ2v) is 5.48. The van der Waals surface area contributed by atoms with Crippen molar-refractivity contribution in [3.63, 3.8) is 0 Å². The maximum absolute atomic E-state index is 2.51. The van der Waals surface area contributed by atoms with Crippen LogP contribution in [0, 0.1) is 29.6 Å². The molecule has 0 aromatic carbocycles. The predicted molar refractivity (Wildman–Crippen MR) is 50.8 cm³/mol. The quantitative estimate of drug-likeness (QED) is 0.514. The number of rotatable bonds is 0. The summed E-state index contributed by atoms with van der Waals surface area (Å²) in [6, 6.07) is 0. The molecule has 3 saturated carbocycles. The van der Waals surface area contributed by atoms with E-state index >= 15 is 0 Å². The van der Waals surface area contributed by atoms with Crippen LogP contribution in [-0.2, 0) is 0 Å². The highest BCUT2D eigenvalue weighted by Crippen LogP contribution is 2.58. The van der Waals surface area contributed by atoms with Gasteiger partial charge in [-0.15, -0.1) is 0 Å². The normalized spacial score (nSPS) is 57.2. The van der Waals surface area contributed by atoms with Gasteiger partial charge in [0.15, 0.2) is 0 Å². The second-order valence-electron chi connectivity index (χ2n) is 5.48. The molecule has 2 bridgehead atoms. The van der Waals surface area contributed by atoms with Gasteiger partial charge in [0.25, 0.3) is 0 Å². The lowest BCUT2D eigenvalue weighted by Gasteiger charge is -2.39. The Kier molecular flexibility index (Phi) is 1.54. The van der Waals surface area contributed by atoms with Crippen molar-refractivity contribution in [2.24, 2.45) is 29.6 Å². The second kappa shape index (κ2) is 2.49. The molecule has 0 heteroatoms. The van der Waals surface area contributed by atoms with Crippen LogP contribution in [0.5, 0.6) is 0 Å². The topological polar surface area (TPSA) is 0 Å². The molecule has 3 aliphatic rings. The van der Waals surface area contributed by atoms with Crippen LogP contribution in [0.4, 0.5) is 0 Å². The van der Waals surface area contributed by atoms with Gasteiger partial charge in [-0.2, -0.15) is 0 Å². The first kappa shape index (κ1) is 7.41. The maximum atomic E-state index is 2.51. The third kappa shape index (κ3) is 0.843. The lowest BCUT2D eigenvalue weighted by molar-refractivity contribution is 0.103. The zero-order valence-corrected chi connectivity index (χ0v) is 8.13. The fraction of sp³-hybridized carbons (Fsp3) is 1.00. The first-order valence-electron chi connectivity index (χ1n) is 5.86. The summed E-state index contributed by atoms with van der Waals surface area (Å²) >= 11 is 0. The van der Waals surface area contributed by atoms with E-state index in [4.69, 9.17) is 0 Å². The molecule has 5 atom stereocenters. The molecule has 0 radical (unpaired) electrons. The Hall–Kier alpha value is 0. The number of fused-ring (bicyclic) bond motifs is 5. The summed E-state index contributed by atoms with van der Waals surface area (Å²) in [6.07, 6.45) is 9.42. The minimum Gasteiger partial charge on any atom is -0.0622 e. The molecular weight excluding hydrogens is 144 g/mol. The third-order valence-electron chi connectivity index (χ3n) is 5.01. The van der Waals surface area contributed by atoms with Crippen LogP contribution in [0.25, 0.3) is 0 Å². The summed E-state index contributed by atoms with van der Waals surface area (Å²) in [4.78, 5) is 0. The molecule has 0 N–H and O–H groups in total. The summed E-state index contributed by atoms with van der Waals surface area (Å²) < 4.78 is 0. The van der Waals surface area contributed by atoms with E-state index in [1.807, 2.05) is 0 Å². The summed E-state index contributed by atoms with van der Waals surface area (Å²) in [7, 11) is 0. The van der Waals surface area contributed by atoms with Crippen LogP contribution in [0.1, 0.15) is 45.4 Å². The van der Waals surface area contributed by atoms with E-state index in [9.17, 15) is 0 Å². The van der Waals surface area contributed by atoms with Crippen LogP contribution in [-0.4, -0.2) is 0 Å². The average molecular weight is 164 g/mol. The maximum Gasteiger partial charge on any atom is -0.0329 e. The van der Waals surface area contributed by atoms with Crippen LogP contribution in [0.3, 0.4) is 0 Å². The number of hydrogen-bond donors (Lipinski definition) is 0. The van der Waals surface area contributed by atoms with E-state index in [0.717, 1.165) is 17.8 Å². The van der Waals surface area contributed by atoms with E-state index in [1.165, 1.54) is 24.7 Å². The molecule has 3 fully saturated rings. The van der Waals surface area contributed by atoms with Gasteiger partial charge in [0.05, 0.1) is 0 Å². The first-order valence-corrected chi connectivity index (χ1v) is 5.86. The molecule has 0 amide bonds. The van der Waals surface area contributed by atoms with Crippen molar-refractivity contribution in [2.75, 3.05) is 0 Å². The Morgan fingerprint density at radius 1 is 0.917 bits per heavy atom. The highest BCUT2D eigenvalue weighted by Gasteiger charge is 2.49. The Morgan fingerprint density at radius 3 is 2.58 bits per heavy atom. The monoisotopic (exact) mass is 164 g/mol. The van der Waals surface area contributed by atoms with Crippen LogP contribution >= 0.6 is 0 Å². The van der Waals surface area contributed by atoms with Gasteiger partial charge in [-0.1, -0.05) is 19.8 Å². The minimum absolute atomic E-state index is 1.07. The van der Waals surface area contributed by atoms with Gasteiger partial charge < -0.3 is 0 Å². The molecule has 0 spiro atoms. The minimum atomic E-state index is 1.07. The van der Waals surface area contributed by atoms with E-state index in [0.29, 0.717) is 0 Å². The smallest absolute Gasteiger partial charge is 0.0329 e. The van der Waals surface area contributed by atoms with Crippen LogP contribution in [0.15, 0.2) is 0 Å². The molecule has 5 unspecified atom stereocenters. The fourth-order valence-corrected chi connectivity index (χ4v) is 4.64. The van der Waals surface area contributed by atoms with E-state index in [1.54, 1.807) is 25.7 Å². The van der Waals surface area contributed by atoms with Gasteiger partial charge in [0, 0.05) is 0 Å². The lowest BCUT2D eigenvalue weighted by Crippen LogP contribution is -2.31. The van der Waals surface area contributed by atoms with Gasteiger partial charge >= 0.3 is 0 Å². The predicted octanol–water partition coefficient (Wildman–Crippen LogP) is 3.47. The van der Waals surface area contributed by atoms with Crippen molar-refractivity contribution in [1.82, 2.24) is 0 Å². The van der Waals surface area contributed by atoms with E-state index < -0.39 is 0 Å². The first-order chi connectivity index (χ1) is 5.86. The van der Waals surface area contributed by atoms with Gasteiger partial charge in [-0.05, 0) is 55.3 Å². The molecular formula is C12H20. The summed E-state index contributed by atoms with van der Waals surface area (Å²) in [5.74, 6) is 5.74. The van der Waals surface area contributed by atoms with Gasteiger partial charge in [0.2, 0.25) is 0 Å². The molecule has 12 heavy (non-hydrogen) atoms. The molecule has 3 rings (SSSR count). The van der Waals surface area contributed by atoms with Crippen molar-refractivity contribution in [3.8, 4) is 0 Å². The molecule has 0 aromatic rings. The molecule has 68 valence electrons. The summed E-state index contributed by atoms with van der Waals surface area (Å²) in [6.45, 7) is 2.51. The van der Waals surface area contributed by atoms with Gasteiger partial charge in [-0.3, -0.25) is 0 Å². The SMILES string of the molecule is CC1CCCC2C3CCC(C3)C12. The fourth-order valence-electron chi connectivity index (χ4n) is 4.64.